The van der Waals surface area contributed by atoms with Gasteiger partial charge in [0.1, 0.15) is 6.33 Å². The summed E-state index contributed by atoms with van der Waals surface area (Å²) >= 11 is 10.3. The van der Waals surface area contributed by atoms with Crippen molar-refractivity contribution in [1.82, 2.24) is 19.7 Å². The topological polar surface area (TPSA) is 51.0 Å². The molecular weight excluding hydrogens is 284 g/mol. The highest BCUT2D eigenvalue weighted by molar-refractivity contribution is 7.80. The van der Waals surface area contributed by atoms with Crippen molar-refractivity contribution < 1.29 is 4.79 Å². The number of rotatable bonds is 1. The second kappa shape index (κ2) is 4.86. The second-order valence-corrected chi connectivity index (χ2v) is 5.26. The molecule has 1 aliphatic heterocycles. The molecule has 2 aromatic rings. The van der Waals surface area contributed by atoms with Crippen molar-refractivity contribution in [3.8, 4) is 0 Å². The molecule has 0 unspecified atom stereocenters. The average molecular weight is 295 g/mol. The van der Waals surface area contributed by atoms with Crippen molar-refractivity contribution in [2.75, 3.05) is 6.54 Å². The zero-order valence-electron chi connectivity index (χ0n) is 9.95. The number of carbonyl (C=O) groups is 1. The minimum absolute atomic E-state index is 0.102. The van der Waals surface area contributed by atoms with Crippen molar-refractivity contribution >= 4 is 30.1 Å². The van der Waals surface area contributed by atoms with Gasteiger partial charge in [0.25, 0.3) is 5.91 Å². The standard InChI is InChI=1S/C12H11ClN4OS/c13-10-2-1-8(19)5-9(10)12(18)16-3-4-17-7-14-15-11(17)6-16/h1-2,5,7,19H,3-4,6H2. The molecule has 0 radical (unpaired) electrons. The molecule has 0 aliphatic carbocycles. The maximum Gasteiger partial charge on any atom is 0.255 e. The van der Waals surface area contributed by atoms with Crippen LogP contribution in [0.15, 0.2) is 29.4 Å². The van der Waals surface area contributed by atoms with Crippen molar-refractivity contribution in [1.29, 1.82) is 0 Å². The monoisotopic (exact) mass is 294 g/mol. The van der Waals surface area contributed by atoms with Crippen LogP contribution in [0.1, 0.15) is 16.2 Å². The van der Waals surface area contributed by atoms with Crippen LogP contribution in [-0.2, 0) is 13.1 Å². The molecule has 5 nitrogen and oxygen atoms in total. The summed E-state index contributed by atoms with van der Waals surface area (Å²) in [6.07, 6.45) is 1.68. The predicted molar refractivity (Wildman–Crippen MR) is 73.5 cm³/mol. The number of carbonyl (C=O) groups excluding carboxylic acids is 1. The van der Waals surface area contributed by atoms with E-state index >= 15 is 0 Å². The fourth-order valence-corrected chi connectivity index (χ4v) is 2.49. The molecule has 0 saturated heterocycles. The number of hydrogen-bond acceptors (Lipinski definition) is 4. The lowest BCUT2D eigenvalue weighted by Gasteiger charge is -2.27. The first-order chi connectivity index (χ1) is 9.15. The highest BCUT2D eigenvalue weighted by Gasteiger charge is 2.24. The Balaban J connectivity index is 1.87. The highest BCUT2D eigenvalue weighted by Crippen LogP contribution is 2.22. The molecule has 0 fully saturated rings. The van der Waals surface area contributed by atoms with E-state index in [4.69, 9.17) is 11.6 Å². The number of hydrogen-bond donors (Lipinski definition) is 1. The lowest BCUT2D eigenvalue weighted by atomic mass is 10.2. The van der Waals surface area contributed by atoms with E-state index in [1.807, 2.05) is 4.57 Å². The van der Waals surface area contributed by atoms with Gasteiger partial charge < -0.3 is 9.47 Å². The van der Waals surface area contributed by atoms with Gasteiger partial charge in [0, 0.05) is 18.0 Å². The number of nitrogens with zero attached hydrogens (tertiary/aromatic N) is 4. The van der Waals surface area contributed by atoms with E-state index in [9.17, 15) is 4.79 Å². The Hall–Kier alpha value is -1.53. The van der Waals surface area contributed by atoms with E-state index in [1.54, 1.807) is 29.4 Å². The summed E-state index contributed by atoms with van der Waals surface area (Å²) < 4.78 is 1.94. The van der Waals surface area contributed by atoms with Crippen molar-refractivity contribution in [3.63, 3.8) is 0 Å². The Morgan fingerprint density at radius 2 is 2.21 bits per heavy atom. The second-order valence-electron chi connectivity index (χ2n) is 4.33. The first-order valence-electron chi connectivity index (χ1n) is 5.79. The van der Waals surface area contributed by atoms with Crippen LogP contribution < -0.4 is 0 Å². The lowest BCUT2D eigenvalue weighted by molar-refractivity contribution is 0.0707. The molecule has 1 amide bonds. The maximum absolute atomic E-state index is 12.5. The Morgan fingerprint density at radius 1 is 1.37 bits per heavy atom. The number of thiol groups is 1. The molecule has 0 saturated carbocycles. The Kier molecular flexibility index (Phi) is 3.20. The van der Waals surface area contributed by atoms with Gasteiger partial charge in [-0.15, -0.1) is 22.8 Å². The minimum atomic E-state index is -0.102. The predicted octanol–water partition coefficient (Wildman–Crippen LogP) is 1.88. The zero-order chi connectivity index (χ0) is 13.4. The smallest absolute Gasteiger partial charge is 0.255 e. The largest absolute Gasteiger partial charge is 0.329 e. The number of fused-ring (bicyclic) bond motifs is 1. The SMILES string of the molecule is O=C(c1cc(S)ccc1Cl)N1CCn2cnnc2C1. The summed E-state index contributed by atoms with van der Waals surface area (Å²) in [6.45, 7) is 1.77. The zero-order valence-corrected chi connectivity index (χ0v) is 11.6. The summed E-state index contributed by atoms with van der Waals surface area (Å²) in [6, 6.07) is 5.13. The highest BCUT2D eigenvalue weighted by atomic mass is 35.5. The first-order valence-corrected chi connectivity index (χ1v) is 6.62. The van der Waals surface area contributed by atoms with E-state index < -0.39 is 0 Å². The maximum atomic E-state index is 12.5. The van der Waals surface area contributed by atoms with Crippen molar-refractivity contribution in [2.45, 2.75) is 18.0 Å². The summed E-state index contributed by atoms with van der Waals surface area (Å²) in [5, 5.41) is 8.27. The number of benzene rings is 1. The van der Waals surface area contributed by atoms with Crippen LogP contribution in [-0.4, -0.2) is 32.1 Å². The molecule has 0 atom stereocenters. The third-order valence-corrected chi connectivity index (χ3v) is 3.71. The number of amides is 1. The third kappa shape index (κ3) is 2.33. The van der Waals surface area contributed by atoms with Gasteiger partial charge in [0.2, 0.25) is 0 Å². The van der Waals surface area contributed by atoms with Crippen LogP contribution in [0.2, 0.25) is 5.02 Å². The summed E-state index contributed by atoms with van der Waals surface area (Å²) in [4.78, 5) is 14.9. The Bertz CT molecular complexity index is 642. The van der Waals surface area contributed by atoms with E-state index in [0.29, 0.717) is 35.1 Å². The van der Waals surface area contributed by atoms with Gasteiger partial charge in [-0.25, -0.2) is 0 Å². The van der Waals surface area contributed by atoms with Gasteiger partial charge in [0.15, 0.2) is 5.82 Å². The normalized spacial score (nSPS) is 14.3. The fraction of sp³-hybridized carbons (Fsp3) is 0.250. The fourth-order valence-electron chi connectivity index (χ4n) is 2.09. The molecule has 98 valence electrons. The molecule has 0 N–H and O–H groups in total. The molecule has 1 aromatic heterocycles. The van der Waals surface area contributed by atoms with E-state index in [-0.39, 0.29) is 5.91 Å². The van der Waals surface area contributed by atoms with Gasteiger partial charge >= 0.3 is 0 Å². The molecule has 19 heavy (non-hydrogen) atoms. The number of halogens is 1. The van der Waals surface area contributed by atoms with E-state index in [2.05, 4.69) is 22.8 Å². The van der Waals surface area contributed by atoms with Crippen molar-refractivity contribution in [3.05, 3.63) is 40.9 Å². The van der Waals surface area contributed by atoms with Gasteiger partial charge in [-0.2, -0.15) is 0 Å². The molecule has 1 aromatic carbocycles. The van der Waals surface area contributed by atoms with Gasteiger partial charge in [-0.1, -0.05) is 11.6 Å². The molecule has 1 aliphatic rings. The summed E-state index contributed by atoms with van der Waals surface area (Å²) in [7, 11) is 0. The molecular formula is C12H11ClN4OS. The summed E-state index contributed by atoms with van der Waals surface area (Å²) in [5.74, 6) is 0.688. The molecule has 7 heteroatoms. The summed E-state index contributed by atoms with van der Waals surface area (Å²) in [5.41, 5.74) is 0.474. The Morgan fingerprint density at radius 3 is 3.05 bits per heavy atom. The van der Waals surface area contributed by atoms with Gasteiger partial charge in [-0.05, 0) is 18.2 Å². The third-order valence-electron chi connectivity index (χ3n) is 3.11. The molecule has 0 spiro atoms. The average Bonchev–Trinajstić information content (AvgIpc) is 2.88. The lowest BCUT2D eigenvalue weighted by Crippen LogP contribution is -2.38. The van der Waals surface area contributed by atoms with Gasteiger partial charge in [0.05, 0.1) is 17.1 Å². The van der Waals surface area contributed by atoms with Crippen LogP contribution >= 0.6 is 24.2 Å². The van der Waals surface area contributed by atoms with Crippen LogP contribution in [0.4, 0.5) is 0 Å². The van der Waals surface area contributed by atoms with Crippen LogP contribution in [0.5, 0.6) is 0 Å². The van der Waals surface area contributed by atoms with E-state index in [1.165, 1.54) is 0 Å². The van der Waals surface area contributed by atoms with Crippen LogP contribution in [0, 0.1) is 0 Å². The van der Waals surface area contributed by atoms with Crippen molar-refractivity contribution in [2.24, 2.45) is 0 Å². The Labute approximate surface area is 120 Å². The number of aromatic nitrogens is 3. The molecule has 0 bridgehead atoms. The van der Waals surface area contributed by atoms with Gasteiger partial charge in [-0.3, -0.25) is 4.79 Å². The van der Waals surface area contributed by atoms with E-state index in [0.717, 1.165) is 5.82 Å². The molecule has 2 heterocycles. The quantitative estimate of drug-likeness (QED) is 0.817. The minimum Gasteiger partial charge on any atom is -0.329 e. The van der Waals surface area contributed by atoms with Crippen LogP contribution in [0.3, 0.4) is 0 Å². The van der Waals surface area contributed by atoms with Crippen LogP contribution in [0.25, 0.3) is 0 Å². The first kappa shape index (κ1) is 12.5. The molecule has 3 rings (SSSR count).